The monoisotopic (exact) mass is 376 g/mol. The Bertz CT molecular complexity index is 906. The first-order valence-corrected chi connectivity index (χ1v) is 7.96. The van der Waals surface area contributed by atoms with Crippen molar-refractivity contribution >= 4 is 17.3 Å². The van der Waals surface area contributed by atoms with Crippen molar-refractivity contribution in [3.05, 3.63) is 47.7 Å². The number of anilines is 2. The molecule has 142 valence electrons. The molecule has 4 N–H and O–H groups in total. The number of hydrogen-bond donors (Lipinski definition) is 4. The fourth-order valence-electron chi connectivity index (χ4n) is 2.16. The lowest BCUT2D eigenvalue weighted by atomic mass is 10.3. The number of aliphatic hydroxyl groups is 1. The molecule has 0 aliphatic carbocycles. The standard InChI is InChI=1S/C15H17FN8O3/c1-9(25)12-8-24(23-19-12)7-6-17-14-13(21-27-22-14)15(20-26)18-11-4-2-10(16)3-5-11/h2-5,8-9,25-26H,6-7H2,1H3,(H,17,22)(H,18,20). The van der Waals surface area contributed by atoms with Crippen LogP contribution in [-0.4, -0.2) is 48.0 Å². The van der Waals surface area contributed by atoms with Gasteiger partial charge in [0, 0.05) is 12.2 Å². The Labute approximate surface area is 152 Å². The van der Waals surface area contributed by atoms with Crippen LogP contribution < -0.4 is 10.6 Å². The van der Waals surface area contributed by atoms with Crippen LogP contribution in [0.15, 0.2) is 40.2 Å². The molecule has 1 aromatic carbocycles. The second-order valence-electron chi connectivity index (χ2n) is 5.55. The molecule has 2 aromatic heterocycles. The molecule has 0 amide bonds. The second-order valence-corrected chi connectivity index (χ2v) is 5.55. The molecular weight excluding hydrogens is 359 g/mol. The van der Waals surface area contributed by atoms with Crippen molar-refractivity contribution in [2.24, 2.45) is 5.16 Å². The summed E-state index contributed by atoms with van der Waals surface area (Å²) in [6.45, 7) is 2.42. The molecule has 27 heavy (non-hydrogen) atoms. The van der Waals surface area contributed by atoms with Gasteiger partial charge in [0.05, 0.1) is 18.8 Å². The van der Waals surface area contributed by atoms with Crippen LogP contribution in [0.5, 0.6) is 0 Å². The lowest BCUT2D eigenvalue weighted by Gasteiger charge is -2.07. The molecule has 0 aliphatic rings. The van der Waals surface area contributed by atoms with Gasteiger partial charge in [-0.25, -0.2) is 9.02 Å². The van der Waals surface area contributed by atoms with E-state index in [-0.39, 0.29) is 23.2 Å². The van der Waals surface area contributed by atoms with Crippen LogP contribution >= 0.6 is 0 Å². The van der Waals surface area contributed by atoms with E-state index in [1.54, 1.807) is 17.8 Å². The van der Waals surface area contributed by atoms with Crippen molar-refractivity contribution in [3.63, 3.8) is 0 Å². The number of nitrogens with zero attached hydrogens (tertiary/aromatic N) is 6. The molecule has 2 heterocycles. The van der Waals surface area contributed by atoms with Gasteiger partial charge in [0.15, 0.2) is 5.69 Å². The average Bonchev–Trinajstić information content (AvgIpc) is 3.31. The van der Waals surface area contributed by atoms with Crippen LogP contribution in [-0.2, 0) is 6.54 Å². The predicted octanol–water partition coefficient (Wildman–Crippen LogP) is 1.21. The molecule has 0 fully saturated rings. The van der Waals surface area contributed by atoms with E-state index in [9.17, 15) is 14.7 Å². The Morgan fingerprint density at radius 3 is 2.78 bits per heavy atom. The quantitative estimate of drug-likeness (QED) is 0.207. The first-order valence-electron chi connectivity index (χ1n) is 7.96. The van der Waals surface area contributed by atoms with E-state index in [2.05, 4.69) is 36.4 Å². The third-order valence-corrected chi connectivity index (χ3v) is 3.54. The number of rotatable bonds is 7. The molecule has 0 saturated heterocycles. The van der Waals surface area contributed by atoms with E-state index < -0.39 is 6.10 Å². The number of halogens is 1. The summed E-state index contributed by atoms with van der Waals surface area (Å²) in [5.74, 6) is -0.170. The van der Waals surface area contributed by atoms with E-state index in [0.717, 1.165) is 0 Å². The normalized spacial score (nSPS) is 12.8. The summed E-state index contributed by atoms with van der Waals surface area (Å²) in [4.78, 5) is 0. The number of aliphatic hydroxyl groups excluding tert-OH is 1. The second kappa shape index (κ2) is 8.23. The zero-order valence-corrected chi connectivity index (χ0v) is 14.2. The van der Waals surface area contributed by atoms with Crippen molar-refractivity contribution in [1.29, 1.82) is 0 Å². The Morgan fingerprint density at radius 1 is 1.33 bits per heavy atom. The highest BCUT2D eigenvalue weighted by Crippen LogP contribution is 2.15. The summed E-state index contributed by atoms with van der Waals surface area (Å²) in [5, 5.41) is 42.8. The summed E-state index contributed by atoms with van der Waals surface area (Å²) < 4.78 is 19.2. The zero-order valence-electron chi connectivity index (χ0n) is 14.2. The van der Waals surface area contributed by atoms with E-state index in [1.807, 2.05) is 0 Å². The van der Waals surface area contributed by atoms with Crippen molar-refractivity contribution in [2.75, 3.05) is 17.2 Å². The number of benzene rings is 1. The minimum atomic E-state index is -0.695. The molecule has 1 unspecified atom stereocenters. The number of amidine groups is 1. The molecule has 3 rings (SSSR count). The number of oxime groups is 1. The smallest absolute Gasteiger partial charge is 0.203 e. The van der Waals surface area contributed by atoms with E-state index in [4.69, 9.17) is 4.63 Å². The van der Waals surface area contributed by atoms with Gasteiger partial charge < -0.3 is 20.9 Å². The van der Waals surface area contributed by atoms with E-state index in [0.29, 0.717) is 24.5 Å². The van der Waals surface area contributed by atoms with Crippen LogP contribution in [0.3, 0.4) is 0 Å². The lowest BCUT2D eigenvalue weighted by Crippen LogP contribution is -2.18. The average molecular weight is 376 g/mol. The third-order valence-electron chi connectivity index (χ3n) is 3.54. The minimum absolute atomic E-state index is 0.0255. The largest absolute Gasteiger partial charge is 0.409 e. The first-order chi connectivity index (χ1) is 13.1. The van der Waals surface area contributed by atoms with Gasteiger partial charge in [0.25, 0.3) is 0 Å². The Morgan fingerprint density at radius 2 is 2.11 bits per heavy atom. The van der Waals surface area contributed by atoms with Crippen LogP contribution in [0.2, 0.25) is 0 Å². The maximum absolute atomic E-state index is 13.0. The molecule has 11 nitrogen and oxygen atoms in total. The van der Waals surface area contributed by atoms with Crippen molar-refractivity contribution < 1.29 is 19.3 Å². The molecule has 12 heteroatoms. The number of nitrogens with one attached hydrogen (secondary N) is 2. The van der Waals surface area contributed by atoms with Crippen molar-refractivity contribution in [1.82, 2.24) is 25.3 Å². The topological polar surface area (TPSA) is 147 Å². The summed E-state index contributed by atoms with van der Waals surface area (Å²) >= 11 is 0. The molecule has 0 spiro atoms. The highest BCUT2D eigenvalue weighted by Gasteiger charge is 2.17. The summed E-state index contributed by atoms with van der Waals surface area (Å²) in [7, 11) is 0. The van der Waals surface area contributed by atoms with Crippen LogP contribution in [0, 0.1) is 5.82 Å². The van der Waals surface area contributed by atoms with Crippen LogP contribution in [0.4, 0.5) is 15.9 Å². The third kappa shape index (κ3) is 4.55. The van der Waals surface area contributed by atoms with Gasteiger partial charge >= 0.3 is 0 Å². The van der Waals surface area contributed by atoms with Crippen molar-refractivity contribution in [3.8, 4) is 0 Å². The van der Waals surface area contributed by atoms with Gasteiger partial charge in [-0.1, -0.05) is 10.4 Å². The highest BCUT2D eigenvalue weighted by atomic mass is 19.1. The van der Waals surface area contributed by atoms with Gasteiger partial charge in [0.1, 0.15) is 11.5 Å². The molecule has 1 atom stereocenters. The van der Waals surface area contributed by atoms with Gasteiger partial charge in [-0.3, -0.25) is 4.68 Å². The summed E-state index contributed by atoms with van der Waals surface area (Å²) in [5.41, 5.74) is 1.11. The van der Waals surface area contributed by atoms with Gasteiger partial charge in [-0.2, -0.15) is 0 Å². The SMILES string of the molecule is CC(O)c1cn(CCNc2nonc2C(=NO)Nc2ccc(F)cc2)nn1. The number of aromatic nitrogens is 5. The number of hydrogen-bond acceptors (Lipinski definition) is 9. The molecule has 0 saturated carbocycles. The van der Waals surface area contributed by atoms with Crippen LogP contribution in [0.1, 0.15) is 24.4 Å². The molecule has 0 radical (unpaired) electrons. The maximum Gasteiger partial charge on any atom is 0.203 e. The van der Waals surface area contributed by atoms with E-state index in [1.165, 1.54) is 24.3 Å². The van der Waals surface area contributed by atoms with Gasteiger partial charge in [0.2, 0.25) is 11.7 Å². The van der Waals surface area contributed by atoms with E-state index >= 15 is 0 Å². The summed E-state index contributed by atoms with van der Waals surface area (Å²) in [6, 6.07) is 5.48. The zero-order chi connectivity index (χ0) is 19.2. The Balaban J connectivity index is 1.62. The maximum atomic E-state index is 13.0. The molecular formula is C15H17FN8O3. The van der Waals surface area contributed by atoms with Gasteiger partial charge in [-0.15, -0.1) is 5.10 Å². The van der Waals surface area contributed by atoms with Crippen LogP contribution in [0.25, 0.3) is 0 Å². The minimum Gasteiger partial charge on any atom is -0.409 e. The lowest BCUT2D eigenvalue weighted by molar-refractivity contribution is 0.194. The van der Waals surface area contributed by atoms with Crippen molar-refractivity contribution in [2.45, 2.75) is 19.6 Å². The fourth-order valence-corrected chi connectivity index (χ4v) is 2.16. The predicted molar refractivity (Wildman–Crippen MR) is 91.8 cm³/mol. The summed E-state index contributed by atoms with van der Waals surface area (Å²) in [6.07, 6.45) is 0.935. The Hall–Kier alpha value is -3.54. The molecule has 0 aliphatic heterocycles. The first kappa shape index (κ1) is 18.3. The highest BCUT2D eigenvalue weighted by molar-refractivity contribution is 6.09. The fraction of sp³-hybridized carbons (Fsp3) is 0.267. The molecule has 3 aromatic rings. The Kier molecular flexibility index (Phi) is 5.56. The van der Waals surface area contributed by atoms with Gasteiger partial charge in [-0.05, 0) is 41.5 Å². The molecule has 0 bridgehead atoms.